The maximum absolute atomic E-state index is 12.2. The van der Waals surface area contributed by atoms with Crippen molar-refractivity contribution in [2.75, 3.05) is 14.2 Å². The van der Waals surface area contributed by atoms with Gasteiger partial charge < -0.3 is 19.5 Å². The molecule has 1 N–H and O–H groups in total. The van der Waals surface area contributed by atoms with Crippen LogP contribution in [0.5, 0.6) is 11.5 Å². The number of ether oxygens (including phenoxy) is 3. The third-order valence-corrected chi connectivity index (χ3v) is 5.64. The van der Waals surface area contributed by atoms with E-state index in [1.54, 1.807) is 20.3 Å². The second-order valence-electron chi connectivity index (χ2n) is 7.26. The van der Waals surface area contributed by atoms with E-state index in [0.29, 0.717) is 11.5 Å². The molecule has 3 unspecified atom stereocenters. The molecule has 0 aromatic heterocycles. The fourth-order valence-corrected chi connectivity index (χ4v) is 4.31. The number of hydrogen-bond donors (Lipinski definition) is 1. The van der Waals surface area contributed by atoms with E-state index >= 15 is 0 Å². The number of benzene rings is 1. The van der Waals surface area contributed by atoms with Crippen molar-refractivity contribution in [2.45, 2.75) is 57.6 Å². The Kier molecular flexibility index (Phi) is 6.05. The van der Waals surface area contributed by atoms with Crippen molar-refractivity contribution in [1.29, 1.82) is 0 Å². The molecule has 0 aliphatic heterocycles. The SMILES string of the molecule is COc1cc(COC(=O)NC2CCC3CCCCC3C2)cc(OC)c1. The van der Waals surface area contributed by atoms with Gasteiger partial charge in [0.1, 0.15) is 18.1 Å². The Bertz CT molecular complexity index is 567. The van der Waals surface area contributed by atoms with Gasteiger partial charge >= 0.3 is 6.09 Å². The number of methoxy groups -OCH3 is 2. The summed E-state index contributed by atoms with van der Waals surface area (Å²) in [6.07, 6.45) is 8.50. The van der Waals surface area contributed by atoms with Gasteiger partial charge in [0.05, 0.1) is 14.2 Å². The van der Waals surface area contributed by atoms with Gasteiger partial charge in [-0.05, 0) is 48.8 Å². The maximum atomic E-state index is 12.2. The number of carbonyl (C=O) groups excluding carboxylic acids is 1. The van der Waals surface area contributed by atoms with E-state index in [1.165, 1.54) is 32.1 Å². The highest BCUT2D eigenvalue weighted by molar-refractivity contribution is 5.67. The molecule has 5 nitrogen and oxygen atoms in total. The standard InChI is InChI=1S/C20H29NO4/c1-23-18-9-14(10-19(12-18)24-2)13-25-20(22)21-17-8-7-15-5-3-4-6-16(15)11-17/h9-10,12,15-17H,3-8,11,13H2,1-2H3,(H,21,22). The van der Waals surface area contributed by atoms with Gasteiger partial charge in [0.25, 0.3) is 0 Å². The minimum absolute atomic E-state index is 0.207. The van der Waals surface area contributed by atoms with Crippen LogP contribution in [0, 0.1) is 11.8 Å². The first kappa shape index (κ1) is 17.9. The molecule has 1 aromatic carbocycles. The molecular weight excluding hydrogens is 318 g/mol. The number of hydrogen-bond acceptors (Lipinski definition) is 4. The summed E-state index contributed by atoms with van der Waals surface area (Å²) in [5.41, 5.74) is 0.849. The molecule has 2 saturated carbocycles. The van der Waals surface area contributed by atoms with E-state index < -0.39 is 0 Å². The van der Waals surface area contributed by atoms with Crippen LogP contribution in [-0.4, -0.2) is 26.4 Å². The molecule has 0 saturated heterocycles. The molecule has 0 spiro atoms. The molecule has 2 aliphatic rings. The predicted molar refractivity (Wildman–Crippen MR) is 96.0 cm³/mol. The van der Waals surface area contributed by atoms with Crippen molar-refractivity contribution < 1.29 is 19.0 Å². The average molecular weight is 347 g/mol. The van der Waals surface area contributed by atoms with Crippen molar-refractivity contribution in [3.8, 4) is 11.5 Å². The summed E-state index contributed by atoms with van der Waals surface area (Å²) >= 11 is 0. The topological polar surface area (TPSA) is 56.8 Å². The Hall–Kier alpha value is -1.91. The smallest absolute Gasteiger partial charge is 0.407 e. The van der Waals surface area contributed by atoms with E-state index in [9.17, 15) is 4.79 Å². The first-order chi connectivity index (χ1) is 12.2. The zero-order valence-corrected chi connectivity index (χ0v) is 15.3. The third-order valence-electron chi connectivity index (χ3n) is 5.64. The average Bonchev–Trinajstić information content (AvgIpc) is 2.66. The number of carbonyl (C=O) groups is 1. The largest absolute Gasteiger partial charge is 0.497 e. The number of nitrogens with one attached hydrogen (secondary N) is 1. The van der Waals surface area contributed by atoms with Crippen LogP contribution in [0.1, 0.15) is 50.5 Å². The van der Waals surface area contributed by atoms with Crippen LogP contribution in [0.3, 0.4) is 0 Å². The van der Waals surface area contributed by atoms with E-state index in [2.05, 4.69) is 5.32 Å². The van der Waals surface area contributed by atoms with Crippen molar-refractivity contribution in [2.24, 2.45) is 11.8 Å². The predicted octanol–water partition coefficient (Wildman–Crippen LogP) is 4.29. The second-order valence-corrected chi connectivity index (χ2v) is 7.26. The highest BCUT2D eigenvalue weighted by Gasteiger charge is 2.32. The van der Waals surface area contributed by atoms with Crippen molar-refractivity contribution in [3.63, 3.8) is 0 Å². The summed E-state index contributed by atoms with van der Waals surface area (Å²) < 4.78 is 15.9. The lowest BCUT2D eigenvalue weighted by atomic mass is 9.69. The Morgan fingerprint density at radius 1 is 1.00 bits per heavy atom. The molecule has 0 bridgehead atoms. The lowest BCUT2D eigenvalue weighted by molar-refractivity contribution is 0.113. The molecule has 1 aromatic rings. The molecule has 1 amide bonds. The molecule has 5 heteroatoms. The van der Waals surface area contributed by atoms with Crippen molar-refractivity contribution in [1.82, 2.24) is 5.32 Å². The number of fused-ring (bicyclic) bond motifs is 1. The van der Waals surface area contributed by atoms with Crippen LogP contribution < -0.4 is 14.8 Å². The van der Waals surface area contributed by atoms with Gasteiger partial charge in [-0.15, -0.1) is 0 Å². The molecule has 3 atom stereocenters. The summed E-state index contributed by atoms with van der Waals surface area (Å²) in [5, 5.41) is 3.06. The van der Waals surface area contributed by atoms with Crippen molar-refractivity contribution in [3.05, 3.63) is 23.8 Å². The maximum Gasteiger partial charge on any atom is 0.407 e. The first-order valence-electron chi connectivity index (χ1n) is 9.33. The van der Waals surface area contributed by atoms with Crippen LogP contribution in [0.15, 0.2) is 18.2 Å². The van der Waals surface area contributed by atoms with Gasteiger partial charge in [0.2, 0.25) is 0 Å². The van der Waals surface area contributed by atoms with Gasteiger partial charge in [0, 0.05) is 12.1 Å². The van der Waals surface area contributed by atoms with Gasteiger partial charge in [-0.25, -0.2) is 4.79 Å². The molecule has 25 heavy (non-hydrogen) atoms. The highest BCUT2D eigenvalue weighted by atomic mass is 16.5. The van der Waals surface area contributed by atoms with Crippen LogP contribution >= 0.6 is 0 Å². The molecule has 2 aliphatic carbocycles. The summed E-state index contributed by atoms with van der Waals surface area (Å²) in [5.74, 6) is 3.05. The zero-order valence-electron chi connectivity index (χ0n) is 15.3. The normalized spacial score (nSPS) is 25.6. The first-order valence-corrected chi connectivity index (χ1v) is 9.33. The Morgan fingerprint density at radius 2 is 1.68 bits per heavy atom. The third kappa shape index (κ3) is 4.80. The lowest BCUT2D eigenvalue weighted by Crippen LogP contribution is -2.41. The van der Waals surface area contributed by atoms with E-state index in [4.69, 9.17) is 14.2 Å². The summed E-state index contributed by atoms with van der Waals surface area (Å²) in [4.78, 5) is 12.2. The lowest BCUT2D eigenvalue weighted by Gasteiger charge is -2.39. The second kappa shape index (κ2) is 8.45. The van der Waals surface area contributed by atoms with Gasteiger partial charge in [-0.1, -0.05) is 25.7 Å². The van der Waals surface area contributed by atoms with Crippen LogP contribution in [-0.2, 0) is 11.3 Å². The van der Waals surface area contributed by atoms with E-state index in [0.717, 1.165) is 30.2 Å². The minimum atomic E-state index is -0.332. The van der Waals surface area contributed by atoms with E-state index in [-0.39, 0.29) is 18.7 Å². The number of rotatable bonds is 5. The van der Waals surface area contributed by atoms with Gasteiger partial charge in [-0.2, -0.15) is 0 Å². The fraction of sp³-hybridized carbons (Fsp3) is 0.650. The molecule has 0 heterocycles. The monoisotopic (exact) mass is 347 g/mol. The van der Waals surface area contributed by atoms with Crippen LogP contribution in [0.25, 0.3) is 0 Å². The minimum Gasteiger partial charge on any atom is -0.497 e. The van der Waals surface area contributed by atoms with Crippen LogP contribution in [0.4, 0.5) is 4.79 Å². The number of amides is 1. The molecule has 2 fully saturated rings. The fourth-order valence-electron chi connectivity index (χ4n) is 4.31. The molecule has 0 radical (unpaired) electrons. The Labute approximate surface area is 150 Å². The zero-order chi connectivity index (χ0) is 17.6. The Morgan fingerprint density at radius 3 is 2.36 bits per heavy atom. The Balaban J connectivity index is 1.48. The number of alkyl carbamates (subject to hydrolysis) is 1. The summed E-state index contributed by atoms with van der Waals surface area (Å²) in [6.45, 7) is 0.207. The molecule has 3 rings (SSSR count). The van der Waals surface area contributed by atoms with Crippen molar-refractivity contribution >= 4 is 6.09 Å². The highest BCUT2D eigenvalue weighted by Crippen LogP contribution is 2.40. The quantitative estimate of drug-likeness (QED) is 0.863. The summed E-state index contributed by atoms with van der Waals surface area (Å²) in [7, 11) is 3.21. The van der Waals surface area contributed by atoms with E-state index in [1.807, 2.05) is 12.1 Å². The van der Waals surface area contributed by atoms with Gasteiger partial charge in [-0.3, -0.25) is 0 Å². The summed E-state index contributed by atoms with van der Waals surface area (Å²) in [6, 6.07) is 5.75. The van der Waals surface area contributed by atoms with Gasteiger partial charge in [0.15, 0.2) is 0 Å². The molecular formula is C20H29NO4. The molecule has 138 valence electrons. The van der Waals surface area contributed by atoms with Crippen LogP contribution in [0.2, 0.25) is 0 Å².